The molecule has 0 heterocycles. The molecule has 3 nitrogen and oxygen atoms in total. The molecule has 0 aliphatic carbocycles. The van der Waals surface area contributed by atoms with Crippen molar-refractivity contribution < 1.29 is 5.11 Å². The van der Waals surface area contributed by atoms with E-state index in [1.807, 2.05) is 48.5 Å². The summed E-state index contributed by atoms with van der Waals surface area (Å²) in [7, 11) is 0. The maximum atomic E-state index is 9.09. The van der Waals surface area contributed by atoms with Gasteiger partial charge in [0.15, 0.2) is 0 Å². The van der Waals surface area contributed by atoms with Crippen LogP contribution in [0.25, 0.3) is 0 Å². The van der Waals surface area contributed by atoms with Crippen molar-refractivity contribution in [2.75, 3.05) is 12.3 Å². The molecular weight excluding hydrogens is 272 g/mol. The van der Waals surface area contributed by atoms with E-state index >= 15 is 0 Å². The van der Waals surface area contributed by atoms with Gasteiger partial charge in [-0.05, 0) is 41.7 Å². The molecule has 2 aromatic rings. The fourth-order valence-electron chi connectivity index (χ4n) is 2.26. The highest BCUT2D eigenvalue weighted by Crippen LogP contribution is 2.21. The zero-order valence-electron chi connectivity index (χ0n) is 11.3. The van der Waals surface area contributed by atoms with Gasteiger partial charge in [0.25, 0.3) is 0 Å². The minimum absolute atomic E-state index is 0. The number of hydrogen-bond acceptors (Lipinski definition) is 3. The molecule has 0 spiro atoms. The Hall–Kier alpha value is -1.55. The summed E-state index contributed by atoms with van der Waals surface area (Å²) >= 11 is 0. The minimum Gasteiger partial charge on any atom is -0.399 e. The van der Waals surface area contributed by atoms with E-state index in [0.29, 0.717) is 6.42 Å². The lowest BCUT2D eigenvalue weighted by Gasteiger charge is -2.16. The Labute approximate surface area is 126 Å². The lowest BCUT2D eigenvalue weighted by molar-refractivity contribution is 0.299. The summed E-state index contributed by atoms with van der Waals surface area (Å²) in [4.78, 5) is 0. The molecule has 0 aliphatic heterocycles. The average Bonchev–Trinajstić information content (AvgIpc) is 2.42. The molecule has 108 valence electrons. The van der Waals surface area contributed by atoms with Crippen LogP contribution in [0.3, 0.4) is 0 Å². The van der Waals surface area contributed by atoms with E-state index in [1.54, 1.807) is 0 Å². The summed E-state index contributed by atoms with van der Waals surface area (Å²) in [6.07, 6.45) is 1.41. The molecule has 0 fully saturated rings. The monoisotopic (exact) mass is 292 g/mol. The normalized spacial score (nSPS) is 11.7. The van der Waals surface area contributed by atoms with E-state index in [1.165, 1.54) is 5.56 Å². The Kier molecular flexibility index (Phi) is 6.52. The second kappa shape index (κ2) is 7.90. The second-order valence-electron chi connectivity index (χ2n) is 4.72. The van der Waals surface area contributed by atoms with Crippen molar-refractivity contribution in [3.63, 3.8) is 0 Å². The van der Waals surface area contributed by atoms with Crippen LogP contribution in [0.15, 0.2) is 48.5 Å². The van der Waals surface area contributed by atoms with Crippen molar-refractivity contribution in [1.82, 2.24) is 0 Å². The van der Waals surface area contributed by atoms with Gasteiger partial charge in [0.1, 0.15) is 0 Å². The van der Waals surface area contributed by atoms with Gasteiger partial charge in [0, 0.05) is 18.3 Å². The number of hydrogen-bond donors (Lipinski definition) is 3. The Bertz CT molecular complexity index is 528. The highest BCUT2D eigenvalue weighted by atomic mass is 35.5. The van der Waals surface area contributed by atoms with Crippen LogP contribution in [0.2, 0.25) is 0 Å². The molecule has 2 rings (SSSR count). The number of benzene rings is 2. The zero-order chi connectivity index (χ0) is 13.7. The second-order valence-corrected chi connectivity index (χ2v) is 4.72. The van der Waals surface area contributed by atoms with Crippen molar-refractivity contribution >= 4 is 18.1 Å². The molecule has 0 radical (unpaired) electrons. The lowest BCUT2D eigenvalue weighted by atomic mass is 9.94. The van der Waals surface area contributed by atoms with Crippen LogP contribution in [0.1, 0.15) is 22.7 Å². The van der Waals surface area contributed by atoms with Crippen molar-refractivity contribution in [3.05, 3.63) is 65.2 Å². The average molecular weight is 293 g/mol. The van der Waals surface area contributed by atoms with Crippen LogP contribution < -0.4 is 11.5 Å². The van der Waals surface area contributed by atoms with Gasteiger partial charge >= 0.3 is 0 Å². The fraction of sp³-hybridized carbons (Fsp3) is 0.250. The summed E-state index contributed by atoms with van der Waals surface area (Å²) in [5, 5.41) is 9.09. The highest BCUT2D eigenvalue weighted by molar-refractivity contribution is 5.85. The molecule has 1 atom stereocenters. The molecule has 1 unspecified atom stereocenters. The third kappa shape index (κ3) is 4.23. The SMILES string of the molecule is Cl.Nc1ccc(CC(N)c2ccccc2CCO)cc1. The van der Waals surface area contributed by atoms with Gasteiger partial charge in [-0.25, -0.2) is 0 Å². The van der Waals surface area contributed by atoms with Gasteiger partial charge in [-0.2, -0.15) is 0 Å². The molecule has 0 aromatic heterocycles. The summed E-state index contributed by atoms with van der Waals surface area (Å²) < 4.78 is 0. The number of anilines is 1. The van der Waals surface area contributed by atoms with Gasteiger partial charge in [0.2, 0.25) is 0 Å². The quantitative estimate of drug-likeness (QED) is 0.741. The minimum atomic E-state index is -0.0635. The summed E-state index contributed by atoms with van der Waals surface area (Å²) in [6, 6.07) is 15.7. The van der Waals surface area contributed by atoms with Gasteiger partial charge in [-0.3, -0.25) is 0 Å². The van der Waals surface area contributed by atoms with E-state index in [9.17, 15) is 0 Å². The zero-order valence-corrected chi connectivity index (χ0v) is 12.1. The van der Waals surface area contributed by atoms with E-state index in [0.717, 1.165) is 23.2 Å². The maximum absolute atomic E-state index is 9.09. The van der Waals surface area contributed by atoms with Crippen molar-refractivity contribution in [1.29, 1.82) is 0 Å². The summed E-state index contributed by atoms with van der Waals surface area (Å²) in [5.41, 5.74) is 16.1. The molecule has 2 aromatic carbocycles. The number of rotatable bonds is 5. The Balaban J connectivity index is 0.00000200. The maximum Gasteiger partial charge on any atom is 0.0471 e. The predicted octanol–water partition coefficient (Wildman–Crippen LogP) is 2.47. The van der Waals surface area contributed by atoms with Crippen molar-refractivity contribution in [3.8, 4) is 0 Å². The van der Waals surface area contributed by atoms with Crippen LogP contribution >= 0.6 is 12.4 Å². The highest BCUT2D eigenvalue weighted by Gasteiger charge is 2.11. The number of aliphatic hydroxyl groups is 1. The molecule has 0 amide bonds. The van der Waals surface area contributed by atoms with Gasteiger partial charge < -0.3 is 16.6 Å². The van der Waals surface area contributed by atoms with Crippen LogP contribution in [-0.2, 0) is 12.8 Å². The number of aliphatic hydroxyl groups excluding tert-OH is 1. The Morgan fingerprint density at radius 1 is 1.00 bits per heavy atom. The first-order chi connectivity index (χ1) is 9.20. The van der Waals surface area contributed by atoms with Gasteiger partial charge in [0.05, 0.1) is 0 Å². The number of nitrogen functional groups attached to an aromatic ring is 1. The van der Waals surface area contributed by atoms with Gasteiger partial charge in [-0.15, -0.1) is 12.4 Å². The Morgan fingerprint density at radius 3 is 2.30 bits per heavy atom. The first-order valence-electron chi connectivity index (χ1n) is 6.49. The third-order valence-corrected chi connectivity index (χ3v) is 3.27. The largest absolute Gasteiger partial charge is 0.399 e. The summed E-state index contributed by atoms with van der Waals surface area (Å²) in [6.45, 7) is 0.144. The molecule has 0 bridgehead atoms. The molecular formula is C16H21ClN2O. The summed E-state index contributed by atoms with van der Waals surface area (Å²) in [5.74, 6) is 0. The third-order valence-electron chi connectivity index (χ3n) is 3.27. The lowest BCUT2D eigenvalue weighted by Crippen LogP contribution is -2.16. The van der Waals surface area contributed by atoms with E-state index in [2.05, 4.69) is 0 Å². The predicted molar refractivity (Wildman–Crippen MR) is 86.0 cm³/mol. The van der Waals surface area contributed by atoms with Crippen LogP contribution in [0.5, 0.6) is 0 Å². The van der Waals surface area contributed by atoms with Gasteiger partial charge in [-0.1, -0.05) is 36.4 Å². The molecule has 0 saturated carbocycles. The molecule has 0 saturated heterocycles. The standard InChI is InChI=1S/C16H20N2O.ClH/c17-14-7-5-12(6-8-14)11-16(18)15-4-2-1-3-13(15)9-10-19;/h1-8,16,19H,9-11,17-18H2;1H. The first kappa shape index (κ1) is 16.5. The molecule has 0 aliphatic rings. The van der Waals surface area contributed by atoms with E-state index < -0.39 is 0 Å². The van der Waals surface area contributed by atoms with Crippen LogP contribution in [-0.4, -0.2) is 11.7 Å². The topological polar surface area (TPSA) is 72.3 Å². The smallest absolute Gasteiger partial charge is 0.0471 e. The van der Waals surface area contributed by atoms with Crippen molar-refractivity contribution in [2.24, 2.45) is 5.73 Å². The fourth-order valence-corrected chi connectivity index (χ4v) is 2.26. The van der Waals surface area contributed by atoms with Crippen molar-refractivity contribution in [2.45, 2.75) is 18.9 Å². The Morgan fingerprint density at radius 2 is 1.65 bits per heavy atom. The van der Waals surface area contributed by atoms with E-state index in [4.69, 9.17) is 16.6 Å². The number of halogens is 1. The molecule has 5 N–H and O–H groups in total. The van der Waals surface area contributed by atoms with Crippen LogP contribution in [0, 0.1) is 0 Å². The first-order valence-corrected chi connectivity index (χ1v) is 6.49. The van der Waals surface area contributed by atoms with E-state index in [-0.39, 0.29) is 25.1 Å². The number of nitrogens with two attached hydrogens (primary N) is 2. The van der Waals surface area contributed by atoms with Crippen LogP contribution in [0.4, 0.5) is 5.69 Å². The molecule has 20 heavy (non-hydrogen) atoms. The molecule has 4 heteroatoms.